The van der Waals surface area contributed by atoms with Crippen molar-refractivity contribution < 1.29 is 9.59 Å². The van der Waals surface area contributed by atoms with Crippen LogP contribution in [-0.4, -0.2) is 37.5 Å². The molecule has 146 valence electrons. The van der Waals surface area contributed by atoms with Crippen molar-refractivity contribution in [2.45, 2.75) is 12.5 Å². The molecule has 4 aromatic rings. The van der Waals surface area contributed by atoms with E-state index in [-0.39, 0.29) is 6.42 Å². The Kier molecular flexibility index (Phi) is 4.96. The van der Waals surface area contributed by atoms with E-state index in [1.165, 1.54) is 0 Å². The van der Waals surface area contributed by atoms with E-state index in [9.17, 15) is 9.59 Å². The lowest BCUT2D eigenvalue weighted by Crippen LogP contribution is -2.44. The standard InChI is InChI=1S/C20H18N6O2S/c1-12(16-5-8-24-26(16)17-4-2-3-7-22-17)25-15(18(27)19(21)28)10-13-11-23-20-14(13)6-9-29-20/h2-9,11,15,23,25H,1,10H2,(H2,21,28). The van der Waals surface area contributed by atoms with Gasteiger partial charge in [-0.05, 0) is 35.2 Å². The van der Waals surface area contributed by atoms with Gasteiger partial charge in [0.15, 0.2) is 5.82 Å². The van der Waals surface area contributed by atoms with Crippen molar-refractivity contribution in [3.05, 3.63) is 72.1 Å². The lowest BCUT2D eigenvalue weighted by atomic mass is 10.0. The summed E-state index contributed by atoms with van der Waals surface area (Å²) in [5.41, 5.74) is 7.26. The zero-order valence-electron chi connectivity index (χ0n) is 15.3. The largest absolute Gasteiger partial charge is 0.373 e. The van der Waals surface area contributed by atoms with Crippen LogP contribution in [0.3, 0.4) is 0 Å². The number of carbonyl (C=O) groups is 2. The fourth-order valence-electron chi connectivity index (χ4n) is 3.15. The van der Waals surface area contributed by atoms with Gasteiger partial charge in [0.2, 0.25) is 5.78 Å². The van der Waals surface area contributed by atoms with Crippen molar-refractivity contribution in [3.8, 4) is 5.82 Å². The lowest BCUT2D eigenvalue weighted by molar-refractivity contribution is -0.137. The third kappa shape index (κ3) is 3.67. The number of amides is 1. The van der Waals surface area contributed by atoms with Crippen molar-refractivity contribution >= 4 is 38.9 Å². The van der Waals surface area contributed by atoms with Gasteiger partial charge in [-0.25, -0.2) is 9.67 Å². The molecule has 1 unspecified atom stereocenters. The zero-order chi connectivity index (χ0) is 20.4. The molecule has 0 radical (unpaired) electrons. The molecule has 0 saturated carbocycles. The molecule has 1 amide bonds. The number of carbonyl (C=O) groups excluding carboxylic acids is 2. The summed E-state index contributed by atoms with van der Waals surface area (Å²) in [6.07, 6.45) is 5.40. The summed E-state index contributed by atoms with van der Waals surface area (Å²) in [5.74, 6) is -1.09. The van der Waals surface area contributed by atoms with Crippen LogP contribution in [0, 0.1) is 0 Å². The number of aromatic nitrogens is 4. The molecular weight excluding hydrogens is 388 g/mol. The highest BCUT2D eigenvalue weighted by Gasteiger charge is 2.26. The Balaban J connectivity index is 1.61. The zero-order valence-corrected chi connectivity index (χ0v) is 16.1. The van der Waals surface area contributed by atoms with Gasteiger partial charge in [0.1, 0.15) is 0 Å². The van der Waals surface area contributed by atoms with E-state index in [0.29, 0.717) is 17.2 Å². The molecule has 0 aromatic carbocycles. The molecule has 4 N–H and O–H groups in total. The molecule has 4 rings (SSSR count). The van der Waals surface area contributed by atoms with E-state index in [2.05, 4.69) is 27.0 Å². The topological polar surface area (TPSA) is 119 Å². The average molecular weight is 406 g/mol. The van der Waals surface area contributed by atoms with Gasteiger partial charge in [0.05, 0.1) is 28.5 Å². The van der Waals surface area contributed by atoms with Gasteiger partial charge in [0, 0.05) is 24.2 Å². The summed E-state index contributed by atoms with van der Waals surface area (Å²) < 4.78 is 1.61. The minimum absolute atomic E-state index is 0.287. The Morgan fingerprint density at radius 1 is 1.28 bits per heavy atom. The molecule has 0 bridgehead atoms. The van der Waals surface area contributed by atoms with Gasteiger partial charge in [-0.3, -0.25) is 9.59 Å². The molecule has 4 aromatic heterocycles. The number of aromatic amines is 1. The Morgan fingerprint density at radius 3 is 2.90 bits per heavy atom. The van der Waals surface area contributed by atoms with Crippen molar-refractivity contribution in [2.24, 2.45) is 5.73 Å². The minimum Gasteiger partial charge on any atom is -0.373 e. The summed E-state index contributed by atoms with van der Waals surface area (Å²) in [4.78, 5) is 32.6. The Morgan fingerprint density at radius 2 is 2.14 bits per heavy atom. The first-order valence-corrected chi connectivity index (χ1v) is 9.71. The summed E-state index contributed by atoms with van der Waals surface area (Å²) in [6, 6.07) is 8.34. The second-order valence-corrected chi connectivity index (χ2v) is 7.32. The van der Waals surface area contributed by atoms with Gasteiger partial charge < -0.3 is 16.0 Å². The second-order valence-electron chi connectivity index (χ2n) is 6.40. The van der Waals surface area contributed by atoms with E-state index >= 15 is 0 Å². The van der Waals surface area contributed by atoms with Gasteiger partial charge in [-0.15, -0.1) is 11.3 Å². The number of nitrogens with zero attached hydrogens (tertiary/aromatic N) is 3. The summed E-state index contributed by atoms with van der Waals surface area (Å²) >= 11 is 1.57. The average Bonchev–Trinajstić information content (AvgIpc) is 3.45. The van der Waals surface area contributed by atoms with Crippen molar-refractivity contribution in [2.75, 3.05) is 0 Å². The van der Waals surface area contributed by atoms with Gasteiger partial charge in [-0.2, -0.15) is 5.10 Å². The summed E-state index contributed by atoms with van der Waals surface area (Å²) in [6.45, 7) is 4.04. The maximum Gasteiger partial charge on any atom is 0.287 e. The van der Waals surface area contributed by atoms with Crippen molar-refractivity contribution in [3.63, 3.8) is 0 Å². The van der Waals surface area contributed by atoms with Crippen LogP contribution < -0.4 is 11.1 Å². The monoisotopic (exact) mass is 406 g/mol. The van der Waals surface area contributed by atoms with Crippen LogP contribution in [0.4, 0.5) is 0 Å². The Hall–Kier alpha value is -3.72. The smallest absolute Gasteiger partial charge is 0.287 e. The number of H-pyrrole nitrogens is 1. The normalized spacial score (nSPS) is 12.0. The molecule has 4 heterocycles. The number of hydrogen-bond acceptors (Lipinski definition) is 6. The molecule has 0 aliphatic carbocycles. The van der Waals surface area contributed by atoms with E-state index < -0.39 is 17.7 Å². The highest BCUT2D eigenvalue weighted by molar-refractivity contribution is 7.16. The molecule has 0 spiro atoms. The summed E-state index contributed by atoms with van der Waals surface area (Å²) in [5, 5.41) is 10.3. The van der Waals surface area contributed by atoms with Crippen LogP contribution in [0.5, 0.6) is 0 Å². The van der Waals surface area contributed by atoms with Crippen LogP contribution in [0.1, 0.15) is 11.3 Å². The lowest BCUT2D eigenvalue weighted by Gasteiger charge is -2.19. The summed E-state index contributed by atoms with van der Waals surface area (Å²) in [7, 11) is 0. The third-order valence-electron chi connectivity index (χ3n) is 4.54. The van der Waals surface area contributed by atoms with Crippen LogP contribution in [0.2, 0.25) is 0 Å². The number of fused-ring (bicyclic) bond motifs is 1. The highest BCUT2D eigenvalue weighted by Crippen LogP contribution is 2.25. The van der Waals surface area contributed by atoms with Gasteiger partial charge in [0.25, 0.3) is 5.91 Å². The van der Waals surface area contributed by atoms with Crippen molar-refractivity contribution in [1.29, 1.82) is 0 Å². The third-order valence-corrected chi connectivity index (χ3v) is 5.38. The maximum absolute atomic E-state index is 12.5. The number of nitrogens with two attached hydrogens (primary N) is 1. The second kappa shape index (κ2) is 7.72. The number of pyridine rings is 1. The number of hydrogen-bond donors (Lipinski definition) is 3. The first-order chi connectivity index (χ1) is 14.0. The van der Waals surface area contributed by atoms with Crippen LogP contribution in [0.15, 0.2) is 60.9 Å². The number of primary amides is 1. The predicted octanol–water partition coefficient (Wildman–Crippen LogP) is 2.04. The number of nitrogens with one attached hydrogen (secondary N) is 2. The van der Waals surface area contributed by atoms with E-state index in [0.717, 1.165) is 15.8 Å². The Labute approximate surface area is 170 Å². The van der Waals surface area contributed by atoms with E-state index in [1.807, 2.05) is 35.8 Å². The Bertz CT molecular complexity index is 1190. The fourth-order valence-corrected chi connectivity index (χ4v) is 3.95. The molecule has 0 saturated heterocycles. The van der Waals surface area contributed by atoms with Gasteiger partial charge >= 0.3 is 0 Å². The first kappa shape index (κ1) is 18.6. The van der Waals surface area contributed by atoms with E-state index in [1.54, 1.807) is 34.5 Å². The molecule has 8 nitrogen and oxygen atoms in total. The molecule has 0 aliphatic heterocycles. The van der Waals surface area contributed by atoms with Crippen LogP contribution in [-0.2, 0) is 16.0 Å². The molecule has 1 atom stereocenters. The minimum atomic E-state index is -0.995. The molecule has 29 heavy (non-hydrogen) atoms. The highest BCUT2D eigenvalue weighted by atomic mass is 32.1. The fraction of sp³-hybridized carbons (Fsp3) is 0.100. The number of rotatable bonds is 8. The quantitative estimate of drug-likeness (QED) is 0.387. The van der Waals surface area contributed by atoms with E-state index in [4.69, 9.17) is 5.73 Å². The number of thiophene rings is 1. The molecule has 9 heteroatoms. The van der Waals surface area contributed by atoms with Gasteiger partial charge in [-0.1, -0.05) is 12.6 Å². The molecule has 0 fully saturated rings. The molecular formula is C20H18N6O2S. The van der Waals surface area contributed by atoms with Crippen LogP contribution in [0.25, 0.3) is 21.7 Å². The number of Topliss-reactive ketones (excluding diaryl/α,β-unsaturated/α-hetero) is 1. The number of ketones is 1. The molecule has 0 aliphatic rings. The van der Waals surface area contributed by atoms with Crippen molar-refractivity contribution in [1.82, 2.24) is 25.1 Å². The van der Waals surface area contributed by atoms with Crippen LogP contribution >= 0.6 is 11.3 Å². The first-order valence-electron chi connectivity index (χ1n) is 8.83. The maximum atomic E-state index is 12.5. The predicted molar refractivity (Wildman–Crippen MR) is 111 cm³/mol. The SMILES string of the molecule is C=C(NC(Cc1c[nH]c2sccc12)C(=O)C(N)=O)c1ccnn1-c1ccccn1.